The van der Waals surface area contributed by atoms with Crippen LogP contribution in [0.25, 0.3) is 22.3 Å². The minimum absolute atomic E-state index is 0.610. The SMILES string of the molecule is N#Cc1ccc2cc(-c3ccc(Br)cc3)oc2c1. The molecular formula is C15H8BrNO. The Balaban J connectivity index is 2.13. The van der Waals surface area contributed by atoms with Crippen LogP contribution in [0.4, 0.5) is 0 Å². The van der Waals surface area contributed by atoms with Gasteiger partial charge in [-0.15, -0.1) is 0 Å². The maximum Gasteiger partial charge on any atom is 0.136 e. The second-order valence-electron chi connectivity index (χ2n) is 3.98. The van der Waals surface area contributed by atoms with Crippen LogP contribution < -0.4 is 0 Å². The third-order valence-corrected chi connectivity index (χ3v) is 3.31. The molecule has 0 aliphatic heterocycles. The molecule has 0 bridgehead atoms. The van der Waals surface area contributed by atoms with Gasteiger partial charge in [-0.05, 0) is 36.4 Å². The highest BCUT2D eigenvalue weighted by atomic mass is 79.9. The zero-order valence-corrected chi connectivity index (χ0v) is 10.9. The number of halogens is 1. The van der Waals surface area contributed by atoms with Crippen LogP contribution in [-0.2, 0) is 0 Å². The first kappa shape index (κ1) is 11.1. The number of furan rings is 1. The van der Waals surface area contributed by atoms with Gasteiger partial charge >= 0.3 is 0 Å². The van der Waals surface area contributed by atoms with Gasteiger partial charge in [0.15, 0.2) is 0 Å². The van der Waals surface area contributed by atoms with Gasteiger partial charge in [0.25, 0.3) is 0 Å². The summed E-state index contributed by atoms with van der Waals surface area (Å²) < 4.78 is 6.81. The largest absolute Gasteiger partial charge is 0.456 e. The summed E-state index contributed by atoms with van der Waals surface area (Å²) >= 11 is 3.40. The predicted molar refractivity (Wildman–Crippen MR) is 74.1 cm³/mol. The summed E-state index contributed by atoms with van der Waals surface area (Å²) in [4.78, 5) is 0. The predicted octanol–water partition coefficient (Wildman–Crippen LogP) is 4.73. The number of benzene rings is 2. The molecule has 0 N–H and O–H groups in total. The third kappa shape index (κ3) is 1.92. The van der Waals surface area contributed by atoms with Gasteiger partial charge in [0.05, 0.1) is 11.6 Å². The summed E-state index contributed by atoms with van der Waals surface area (Å²) in [5, 5.41) is 9.86. The minimum atomic E-state index is 0.610. The van der Waals surface area contributed by atoms with Crippen LogP contribution in [-0.4, -0.2) is 0 Å². The first-order valence-corrected chi connectivity index (χ1v) is 6.25. The molecule has 0 spiro atoms. The van der Waals surface area contributed by atoms with Gasteiger partial charge in [-0.3, -0.25) is 0 Å². The Morgan fingerprint density at radius 1 is 1.00 bits per heavy atom. The van der Waals surface area contributed by atoms with Gasteiger partial charge in [-0.2, -0.15) is 5.26 Å². The monoisotopic (exact) mass is 297 g/mol. The number of fused-ring (bicyclic) bond motifs is 1. The van der Waals surface area contributed by atoms with E-state index >= 15 is 0 Å². The molecule has 0 amide bonds. The molecule has 1 heterocycles. The van der Waals surface area contributed by atoms with Crippen LogP contribution in [0.5, 0.6) is 0 Å². The Morgan fingerprint density at radius 3 is 2.50 bits per heavy atom. The van der Waals surface area contributed by atoms with E-state index < -0.39 is 0 Å². The smallest absolute Gasteiger partial charge is 0.136 e. The van der Waals surface area contributed by atoms with Crippen molar-refractivity contribution in [1.29, 1.82) is 5.26 Å². The van der Waals surface area contributed by atoms with Crippen molar-refractivity contribution < 1.29 is 4.42 Å². The lowest BCUT2D eigenvalue weighted by Crippen LogP contribution is -1.71. The van der Waals surface area contributed by atoms with Crippen molar-refractivity contribution in [2.24, 2.45) is 0 Å². The average Bonchev–Trinajstić information content (AvgIpc) is 2.82. The Morgan fingerprint density at radius 2 is 1.78 bits per heavy atom. The molecule has 3 aromatic rings. The van der Waals surface area contributed by atoms with Crippen molar-refractivity contribution in [1.82, 2.24) is 0 Å². The molecule has 1 aromatic heterocycles. The van der Waals surface area contributed by atoms with Crippen LogP contribution in [0.2, 0.25) is 0 Å². The van der Waals surface area contributed by atoms with E-state index in [2.05, 4.69) is 22.0 Å². The quantitative estimate of drug-likeness (QED) is 0.651. The van der Waals surface area contributed by atoms with E-state index in [1.165, 1.54) is 0 Å². The van der Waals surface area contributed by atoms with Gasteiger partial charge in [0.2, 0.25) is 0 Å². The molecule has 0 radical (unpaired) electrons. The van der Waals surface area contributed by atoms with Gasteiger partial charge < -0.3 is 4.42 Å². The van der Waals surface area contributed by atoms with Crippen LogP contribution >= 0.6 is 15.9 Å². The summed E-state index contributed by atoms with van der Waals surface area (Å²) in [6.45, 7) is 0. The lowest BCUT2D eigenvalue weighted by atomic mass is 10.1. The number of hydrogen-bond acceptors (Lipinski definition) is 2. The fourth-order valence-corrected chi connectivity index (χ4v) is 2.12. The van der Waals surface area contributed by atoms with Gasteiger partial charge in [0, 0.05) is 15.4 Å². The Labute approximate surface area is 113 Å². The summed E-state index contributed by atoms with van der Waals surface area (Å²) in [6, 6.07) is 17.5. The van der Waals surface area contributed by atoms with Crippen molar-refractivity contribution in [3.05, 3.63) is 58.6 Å². The highest BCUT2D eigenvalue weighted by Gasteiger charge is 2.06. The van der Waals surface area contributed by atoms with E-state index in [1.807, 2.05) is 36.4 Å². The zero-order chi connectivity index (χ0) is 12.5. The normalized spacial score (nSPS) is 10.4. The topological polar surface area (TPSA) is 36.9 Å². The Kier molecular flexibility index (Phi) is 2.66. The molecule has 3 heteroatoms. The molecule has 86 valence electrons. The molecule has 0 fully saturated rings. The number of nitriles is 1. The summed E-state index contributed by atoms with van der Waals surface area (Å²) in [6.07, 6.45) is 0. The first-order chi connectivity index (χ1) is 8.76. The summed E-state index contributed by atoms with van der Waals surface area (Å²) in [7, 11) is 0. The van der Waals surface area contributed by atoms with E-state index in [-0.39, 0.29) is 0 Å². The van der Waals surface area contributed by atoms with Crippen LogP contribution in [0.3, 0.4) is 0 Å². The van der Waals surface area contributed by atoms with Crippen molar-refractivity contribution in [3.63, 3.8) is 0 Å². The van der Waals surface area contributed by atoms with Gasteiger partial charge in [-0.1, -0.05) is 28.1 Å². The lowest BCUT2D eigenvalue weighted by Gasteiger charge is -1.95. The van der Waals surface area contributed by atoms with Crippen molar-refractivity contribution >= 4 is 26.9 Å². The van der Waals surface area contributed by atoms with E-state index in [4.69, 9.17) is 9.68 Å². The van der Waals surface area contributed by atoms with Gasteiger partial charge in [0.1, 0.15) is 11.3 Å². The molecule has 0 saturated heterocycles. The molecular weight excluding hydrogens is 290 g/mol. The minimum Gasteiger partial charge on any atom is -0.456 e. The molecule has 3 rings (SSSR count). The van der Waals surface area contributed by atoms with Crippen LogP contribution in [0.15, 0.2) is 57.4 Å². The molecule has 0 aliphatic carbocycles. The molecule has 2 nitrogen and oxygen atoms in total. The number of rotatable bonds is 1. The van der Waals surface area contributed by atoms with Crippen molar-refractivity contribution in [2.75, 3.05) is 0 Å². The first-order valence-electron chi connectivity index (χ1n) is 5.46. The maximum absolute atomic E-state index is 8.85. The highest BCUT2D eigenvalue weighted by Crippen LogP contribution is 2.29. The Bertz CT molecular complexity index is 750. The molecule has 0 aliphatic rings. The molecule has 0 unspecified atom stereocenters. The zero-order valence-electron chi connectivity index (χ0n) is 9.35. The molecule has 18 heavy (non-hydrogen) atoms. The summed E-state index contributed by atoms with van der Waals surface area (Å²) in [5.74, 6) is 0.813. The lowest BCUT2D eigenvalue weighted by molar-refractivity contribution is 0.631. The third-order valence-electron chi connectivity index (χ3n) is 2.78. The second-order valence-corrected chi connectivity index (χ2v) is 4.90. The van der Waals surface area contributed by atoms with Gasteiger partial charge in [-0.25, -0.2) is 0 Å². The van der Waals surface area contributed by atoms with E-state index in [0.29, 0.717) is 5.56 Å². The fourth-order valence-electron chi connectivity index (χ4n) is 1.86. The maximum atomic E-state index is 8.85. The molecule has 0 saturated carbocycles. The number of hydrogen-bond donors (Lipinski definition) is 0. The number of nitrogens with zero attached hydrogens (tertiary/aromatic N) is 1. The standard InChI is InChI=1S/C15H8BrNO/c16-13-5-3-11(4-6-13)15-8-12-2-1-10(9-17)7-14(12)18-15/h1-8H. The Hall–Kier alpha value is -2.05. The molecule has 0 atom stereocenters. The van der Waals surface area contributed by atoms with Crippen LogP contribution in [0, 0.1) is 11.3 Å². The van der Waals surface area contributed by atoms with E-state index in [0.717, 1.165) is 26.8 Å². The highest BCUT2D eigenvalue weighted by molar-refractivity contribution is 9.10. The average molecular weight is 298 g/mol. The van der Waals surface area contributed by atoms with Crippen molar-refractivity contribution in [2.45, 2.75) is 0 Å². The van der Waals surface area contributed by atoms with Crippen molar-refractivity contribution in [3.8, 4) is 17.4 Å². The second kappa shape index (κ2) is 4.32. The fraction of sp³-hybridized carbons (Fsp3) is 0. The van der Waals surface area contributed by atoms with E-state index in [1.54, 1.807) is 12.1 Å². The van der Waals surface area contributed by atoms with Crippen LogP contribution in [0.1, 0.15) is 5.56 Å². The molecule has 2 aromatic carbocycles. The summed E-state index contributed by atoms with van der Waals surface area (Å²) in [5.41, 5.74) is 2.37. The van der Waals surface area contributed by atoms with E-state index in [9.17, 15) is 0 Å².